The first kappa shape index (κ1) is 50.9. The van der Waals surface area contributed by atoms with Crippen LogP contribution in [0.4, 0.5) is 0 Å². The molecule has 0 saturated carbocycles. The molecule has 1 fully saturated rings. The van der Waals surface area contributed by atoms with Gasteiger partial charge in [0.05, 0.1) is 35.2 Å². The van der Waals surface area contributed by atoms with Crippen LogP contribution >= 0.6 is 0 Å². The molecule has 15 heteroatoms. The molecule has 0 aromatic heterocycles. The molecule has 1 aromatic carbocycles. The normalized spacial score (nSPS) is 27.6. The highest BCUT2D eigenvalue weighted by Gasteiger charge is 2.48. The second kappa shape index (κ2) is 21.0. The van der Waals surface area contributed by atoms with Crippen LogP contribution in [0.5, 0.6) is 11.5 Å². The van der Waals surface area contributed by atoms with Crippen LogP contribution < -0.4 is 15.4 Å². The number of phenolic OH excluding ortho intramolecular Hbond substituents is 1. The Morgan fingerprint density at radius 2 is 1.66 bits per heavy atom. The lowest BCUT2D eigenvalue weighted by molar-refractivity contribution is -0.237. The Balaban J connectivity index is 1.67. The Bertz CT molecular complexity index is 2170. The zero-order chi connectivity index (χ0) is 48.1. The Morgan fingerprint density at radius 1 is 0.985 bits per heavy atom. The van der Waals surface area contributed by atoms with E-state index in [9.17, 15) is 39.3 Å². The molecular weight excluding hydrogens is 833 g/mol. The number of nitrogens with one attached hydrogen (secondary N) is 2. The quantitative estimate of drug-likeness (QED) is 0.0737. The van der Waals surface area contributed by atoms with Gasteiger partial charge in [-0.1, -0.05) is 71.9 Å². The number of hydrogen-bond donors (Lipinski definition) is 5. The number of carboxylic acids is 1. The van der Waals surface area contributed by atoms with Crippen molar-refractivity contribution >= 4 is 35.1 Å². The number of hydrogen-bond acceptors (Lipinski definition) is 13. The molecule has 1 aromatic rings. The third-order valence-electron chi connectivity index (χ3n) is 12.6. The van der Waals surface area contributed by atoms with Gasteiger partial charge in [-0.25, -0.2) is 0 Å². The number of phenols is 1. The van der Waals surface area contributed by atoms with Gasteiger partial charge >= 0.3 is 11.9 Å². The Hall–Kier alpha value is -5.12. The van der Waals surface area contributed by atoms with Crippen LogP contribution in [-0.2, 0) is 23.9 Å². The number of carbonyl (C=O) groups is 5. The van der Waals surface area contributed by atoms with Crippen molar-refractivity contribution in [1.29, 1.82) is 0 Å². The third kappa shape index (κ3) is 12.0. The van der Waals surface area contributed by atoms with Gasteiger partial charge in [-0.3, -0.25) is 29.0 Å². The second-order valence-corrected chi connectivity index (χ2v) is 19.4. The maximum Gasteiger partial charge on any atom is 0.317 e. The van der Waals surface area contributed by atoms with Gasteiger partial charge in [-0.2, -0.15) is 0 Å². The van der Waals surface area contributed by atoms with Crippen molar-refractivity contribution in [1.82, 2.24) is 15.5 Å². The van der Waals surface area contributed by atoms with E-state index >= 15 is 0 Å². The number of amides is 1. The van der Waals surface area contributed by atoms with E-state index in [4.69, 9.17) is 19.2 Å². The monoisotopic (exact) mass is 903 g/mol. The summed E-state index contributed by atoms with van der Waals surface area (Å²) in [6.45, 7) is 22.6. The lowest BCUT2D eigenvalue weighted by Crippen LogP contribution is -2.50. The highest BCUT2D eigenvalue weighted by Crippen LogP contribution is 2.46. The van der Waals surface area contributed by atoms with Crippen molar-refractivity contribution in [2.24, 2.45) is 34.6 Å². The molecule has 5 N–H and O–H groups in total. The maximum atomic E-state index is 14.8. The molecule has 1 spiro atoms. The van der Waals surface area contributed by atoms with Crippen LogP contribution in [0.2, 0.25) is 0 Å². The molecule has 356 valence electrons. The minimum absolute atomic E-state index is 0.0577. The van der Waals surface area contributed by atoms with E-state index < -0.39 is 71.3 Å². The SMILES string of the molecule is CCOc1c(C)c(O)c2c3c1C(=O)C/C=C/C[C@@H](C)[C@@H](OC(=O)CC(=O)O)[C@H](C)[C@H](OC(C)(C)O)[C@H](C)C[C@@H](C)/C=C/C=C(/C)C(=O)NC(=C1NC4(CCN(CC(C)C)CC4)N=C13)C2=O. The first-order valence-corrected chi connectivity index (χ1v) is 23.1. The largest absolute Gasteiger partial charge is 0.507 e. The summed E-state index contributed by atoms with van der Waals surface area (Å²) in [6, 6.07) is 0. The average Bonchev–Trinajstić information content (AvgIpc) is 3.58. The van der Waals surface area contributed by atoms with Crippen molar-refractivity contribution in [3.05, 3.63) is 69.6 Å². The molecule has 0 unspecified atom stereocenters. The molecular formula is C50H70N4O11. The van der Waals surface area contributed by atoms with E-state index in [1.165, 1.54) is 13.8 Å². The number of aliphatic imine (C=N–C) groups is 1. The van der Waals surface area contributed by atoms with Gasteiger partial charge in [0, 0.05) is 61.5 Å². The predicted octanol–water partition coefficient (Wildman–Crippen LogP) is 6.93. The maximum absolute atomic E-state index is 14.8. The number of benzene rings is 1. The molecule has 6 atom stereocenters. The van der Waals surface area contributed by atoms with Crippen LogP contribution in [0.15, 0.2) is 52.3 Å². The molecule has 15 nitrogen and oxygen atoms in total. The van der Waals surface area contributed by atoms with Crippen LogP contribution in [0, 0.1) is 36.5 Å². The Kier molecular flexibility index (Phi) is 16.4. The van der Waals surface area contributed by atoms with Gasteiger partial charge in [-0.15, -0.1) is 0 Å². The highest BCUT2D eigenvalue weighted by atomic mass is 16.6. The fraction of sp³-hybridized carbons (Fsp3) is 0.600. The molecule has 5 rings (SSSR count). The number of nitrogens with zero attached hydrogens (tertiary/aromatic N) is 2. The number of likely N-dealkylation sites (tertiary alicyclic amines) is 1. The van der Waals surface area contributed by atoms with Crippen molar-refractivity contribution in [2.45, 2.75) is 138 Å². The predicted molar refractivity (Wildman–Crippen MR) is 247 cm³/mol. The summed E-state index contributed by atoms with van der Waals surface area (Å²) >= 11 is 0. The van der Waals surface area contributed by atoms with E-state index in [1.54, 1.807) is 45.1 Å². The van der Waals surface area contributed by atoms with Gasteiger partial charge in [0.15, 0.2) is 11.6 Å². The molecule has 4 bridgehead atoms. The number of ether oxygens (including phenoxy) is 3. The van der Waals surface area contributed by atoms with E-state index in [1.807, 2.05) is 33.8 Å². The summed E-state index contributed by atoms with van der Waals surface area (Å²) in [5.41, 5.74) is 0.221. The zero-order valence-corrected chi connectivity index (χ0v) is 40.0. The molecule has 65 heavy (non-hydrogen) atoms. The summed E-state index contributed by atoms with van der Waals surface area (Å²) in [5.74, 6) is -6.40. The summed E-state index contributed by atoms with van der Waals surface area (Å²) in [7, 11) is 0. The van der Waals surface area contributed by atoms with E-state index in [2.05, 4.69) is 29.4 Å². The van der Waals surface area contributed by atoms with Gasteiger partial charge in [0.2, 0.25) is 5.78 Å². The van der Waals surface area contributed by atoms with Crippen LogP contribution in [0.1, 0.15) is 140 Å². The molecule has 1 aliphatic carbocycles. The van der Waals surface area contributed by atoms with Crippen molar-refractivity contribution in [2.75, 3.05) is 26.2 Å². The lowest BCUT2D eigenvalue weighted by atomic mass is 9.80. The van der Waals surface area contributed by atoms with Crippen LogP contribution in [0.3, 0.4) is 0 Å². The summed E-state index contributed by atoms with van der Waals surface area (Å²) < 4.78 is 18.3. The number of rotatable bonds is 9. The van der Waals surface area contributed by atoms with Crippen LogP contribution in [-0.4, -0.2) is 105 Å². The first-order valence-electron chi connectivity index (χ1n) is 23.1. The number of allylic oxidation sites excluding steroid dienone is 7. The number of carbonyl (C=O) groups excluding carboxylic acids is 4. The average molecular weight is 903 g/mol. The molecule has 3 aliphatic heterocycles. The fourth-order valence-electron chi connectivity index (χ4n) is 9.59. The topological polar surface area (TPSA) is 213 Å². The summed E-state index contributed by atoms with van der Waals surface area (Å²) in [6.07, 6.45) is 8.39. The number of fused-ring (bicyclic) bond motifs is 2. The molecule has 0 radical (unpaired) electrons. The number of esters is 1. The van der Waals surface area contributed by atoms with Gasteiger partial charge < -0.3 is 45.1 Å². The first-order chi connectivity index (χ1) is 30.5. The smallest absolute Gasteiger partial charge is 0.317 e. The number of carboxylic acid groups (broad SMARTS) is 1. The van der Waals surface area contributed by atoms with Crippen molar-refractivity contribution in [3.8, 4) is 11.5 Å². The number of aliphatic hydroxyl groups is 1. The minimum Gasteiger partial charge on any atom is -0.507 e. The Labute approximate surface area is 383 Å². The second-order valence-electron chi connectivity index (χ2n) is 19.4. The third-order valence-corrected chi connectivity index (χ3v) is 12.6. The minimum atomic E-state index is -1.56. The number of piperidine rings is 1. The van der Waals surface area contributed by atoms with Crippen LogP contribution in [0.25, 0.3) is 0 Å². The summed E-state index contributed by atoms with van der Waals surface area (Å²) in [4.78, 5) is 75.7. The molecule has 1 amide bonds. The van der Waals surface area contributed by atoms with E-state index in [-0.39, 0.29) is 75.7 Å². The van der Waals surface area contributed by atoms with Crippen molar-refractivity contribution in [3.63, 3.8) is 0 Å². The van der Waals surface area contributed by atoms with Crippen molar-refractivity contribution < 1.29 is 53.5 Å². The molecule has 4 aliphatic rings. The zero-order valence-electron chi connectivity index (χ0n) is 40.0. The van der Waals surface area contributed by atoms with E-state index in [0.29, 0.717) is 37.2 Å². The number of ketones is 2. The van der Waals surface area contributed by atoms with E-state index in [0.717, 1.165) is 19.6 Å². The number of aromatic hydroxyl groups is 1. The van der Waals surface area contributed by atoms with Gasteiger partial charge in [-0.05, 0) is 71.1 Å². The summed E-state index contributed by atoms with van der Waals surface area (Å²) in [5, 5.41) is 38.6. The number of Topliss-reactive ketones (excluding diaryl/α,β-unsaturated/α-hetero) is 2. The fourth-order valence-corrected chi connectivity index (χ4v) is 9.59. The van der Waals surface area contributed by atoms with Gasteiger partial charge in [0.25, 0.3) is 5.91 Å². The van der Waals surface area contributed by atoms with Gasteiger partial charge in [0.1, 0.15) is 35.4 Å². The lowest BCUT2D eigenvalue weighted by Gasteiger charge is -2.40. The molecule has 3 heterocycles. The molecule has 1 saturated heterocycles. The number of aliphatic carboxylic acids is 1. The highest BCUT2D eigenvalue weighted by molar-refractivity contribution is 6.34. The standard InChI is InChI=1S/C50H70N4O11/c1-12-63-47-32(8)43(59)39-38-37(47)34(55)19-14-13-17-29(5)45(64-36(58)25-35(56)57)33(9)46(65-49(10,11)62)31(7)24-28(4)16-15-18-30(6)48(61)51-42(44(39)60)41-40(38)52-50(53-41)20-22-54(23-21-50)26-27(2)3/h13-16,18,27-29,31,33,45-46,53,59,62H,12,17,19-26H2,1-11H3,(H,51,61)(H,56,57)/b14-13+,16-15+,30-18-/t28-,29+,31+,33-,45+,46+/m0/s1. The Morgan fingerprint density at radius 3 is 2.28 bits per heavy atom.